The molecule has 0 atom stereocenters. The molecule has 3 aromatic rings. The van der Waals surface area contributed by atoms with Gasteiger partial charge in [-0.15, -0.1) is 0 Å². The second kappa shape index (κ2) is 14.0. The van der Waals surface area contributed by atoms with Crippen molar-refractivity contribution in [3.05, 3.63) is 65.4 Å². The topological polar surface area (TPSA) is 166 Å². The average Bonchev–Trinajstić information content (AvgIpc) is 3.31. The number of hydrogen-bond donors (Lipinski definition) is 3. The van der Waals surface area contributed by atoms with Gasteiger partial charge in [-0.3, -0.25) is 19.3 Å². The fraction of sp³-hybridized carbons (Fsp3) is 0.375. The molecular weight excluding hydrogens is 564 g/mol. The quantitative estimate of drug-likeness (QED) is 0.258. The number of fused-ring (bicyclic) bond motifs is 1. The first-order chi connectivity index (χ1) is 21.0. The van der Waals surface area contributed by atoms with Gasteiger partial charge in [-0.1, -0.05) is 6.07 Å². The van der Waals surface area contributed by atoms with Crippen molar-refractivity contribution in [2.75, 3.05) is 24.6 Å². The summed E-state index contributed by atoms with van der Waals surface area (Å²) in [5.41, 5.74) is 6.84. The minimum absolute atomic E-state index is 0.0232. The number of nitrogens with one attached hydrogen (secondary N) is 2. The van der Waals surface area contributed by atoms with Gasteiger partial charge in [0.2, 0.25) is 5.91 Å². The molecule has 44 heavy (non-hydrogen) atoms. The van der Waals surface area contributed by atoms with Gasteiger partial charge < -0.3 is 25.8 Å². The van der Waals surface area contributed by atoms with Crippen LogP contribution in [0.2, 0.25) is 0 Å². The lowest BCUT2D eigenvalue weighted by Crippen LogP contribution is -2.33. The van der Waals surface area contributed by atoms with Crippen LogP contribution in [0.1, 0.15) is 73.4 Å². The van der Waals surface area contributed by atoms with Gasteiger partial charge in [-0.05, 0) is 89.4 Å². The summed E-state index contributed by atoms with van der Waals surface area (Å²) in [5, 5.41) is 5.61. The summed E-state index contributed by atoms with van der Waals surface area (Å²) in [6.45, 7) is 8.76. The molecule has 2 heterocycles. The number of alkyl carbamates (subject to hydrolysis) is 1. The number of hydrogen-bond acceptors (Lipinski definition) is 8. The zero-order valence-corrected chi connectivity index (χ0v) is 25.4. The van der Waals surface area contributed by atoms with Gasteiger partial charge >= 0.3 is 6.09 Å². The number of ether oxygens (including phenoxy) is 2. The van der Waals surface area contributed by atoms with E-state index in [0.717, 1.165) is 19.3 Å². The van der Waals surface area contributed by atoms with Crippen molar-refractivity contribution in [1.82, 2.24) is 20.6 Å². The minimum atomic E-state index is -0.765. The van der Waals surface area contributed by atoms with E-state index in [0.29, 0.717) is 47.8 Å². The number of anilines is 2. The first-order valence-electron chi connectivity index (χ1n) is 14.6. The summed E-state index contributed by atoms with van der Waals surface area (Å²) < 4.78 is 10.7. The molecule has 2 aromatic carbocycles. The fourth-order valence-electron chi connectivity index (χ4n) is 4.66. The Morgan fingerprint density at radius 2 is 1.68 bits per heavy atom. The Kier molecular flexibility index (Phi) is 10.1. The largest absolute Gasteiger partial charge is 0.494 e. The molecule has 0 saturated carbocycles. The SMILES string of the molecule is CCOc1ccc(-c2nc(C(N)=O)c3c(n2)N(c2cccc(C(=O)NCCCCCNC(=O)OC(C)(C)C)c2)C(=O)C3)cc1. The number of carbonyl (C=O) groups excluding carboxylic acids is 4. The monoisotopic (exact) mass is 602 g/mol. The molecule has 12 heteroatoms. The Hall–Kier alpha value is -5.00. The van der Waals surface area contributed by atoms with Crippen LogP contribution >= 0.6 is 0 Å². The predicted molar refractivity (Wildman–Crippen MR) is 165 cm³/mol. The highest BCUT2D eigenvalue weighted by molar-refractivity contribution is 6.10. The molecular formula is C32H38N6O6. The molecule has 12 nitrogen and oxygen atoms in total. The Balaban J connectivity index is 1.43. The summed E-state index contributed by atoms with van der Waals surface area (Å²) in [7, 11) is 0. The number of amides is 4. The van der Waals surface area contributed by atoms with Crippen LogP contribution in [0.15, 0.2) is 48.5 Å². The Morgan fingerprint density at radius 1 is 0.977 bits per heavy atom. The van der Waals surface area contributed by atoms with Gasteiger partial charge in [0.25, 0.3) is 11.8 Å². The van der Waals surface area contributed by atoms with E-state index in [-0.39, 0.29) is 35.6 Å². The number of primary amides is 1. The van der Waals surface area contributed by atoms with Crippen molar-refractivity contribution in [2.45, 2.75) is 59.0 Å². The number of nitrogens with zero attached hydrogens (tertiary/aromatic N) is 3. The van der Waals surface area contributed by atoms with Crippen LogP contribution in [-0.2, 0) is 16.0 Å². The Morgan fingerprint density at radius 3 is 2.34 bits per heavy atom. The molecule has 0 aliphatic carbocycles. The molecule has 0 bridgehead atoms. The molecule has 0 spiro atoms. The molecule has 4 amide bonds. The van der Waals surface area contributed by atoms with E-state index < -0.39 is 17.6 Å². The van der Waals surface area contributed by atoms with Gasteiger partial charge in [-0.25, -0.2) is 14.8 Å². The van der Waals surface area contributed by atoms with E-state index in [1.807, 2.05) is 27.7 Å². The highest BCUT2D eigenvalue weighted by Gasteiger charge is 2.35. The maximum Gasteiger partial charge on any atom is 0.407 e. The lowest BCUT2D eigenvalue weighted by molar-refractivity contribution is -0.116. The third kappa shape index (κ3) is 8.09. The van der Waals surface area contributed by atoms with E-state index in [1.165, 1.54) is 4.90 Å². The molecule has 4 N–H and O–H groups in total. The van der Waals surface area contributed by atoms with Crippen molar-refractivity contribution in [3.63, 3.8) is 0 Å². The van der Waals surface area contributed by atoms with Crippen LogP contribution in [0.25, 0.3) is 11.4 Å². The third-order valence-electron chi connectivity index (χ3n) is 6.61. The zero-order valence-electron chi connectivity index (χ0n) is 25.4. The number of benzene rings is 2. The summed E-state index contributed by atoms with van der Waals surface area (Å²) in [6, 6.07) is 13.7. The highest BCUT2D eigenvalue weighted by Crippen LogP contribution is 2.37. The fourth-order valence-corrected chi connectivity index (χ4v) is 4.66. The van der Waals surface area contributed by atoms with E-state index in [9.17, 15) is 19.2 Å². The lowest BCUT2D eigenvalue weighted by atomic mass is 10.1. The average molecular weight is 603 g/mol. The van der Waals surface area contributed by atoms with E-state index in [1.54, 1.807) is 48.5 Å². The van der Waals surface area contributed by atoms with Crippen molar-refractivity contribution in [2.24, 2.45) is 5.73 Å². The van der Waals surface area contributed by atoms with Crippen molar-refractivity contribution < 1.29 is 28.7 Å². The summed E-state index contributed by atoms with van der Waals surface area (Å²) in [5.74, 6) is -0.219. The lowest BCUT2D eigenvalue weighted by Gasteiger charge is -2.19. The van der Waals surface area contributed by atoms with Gasteiger partial charge in [0, 0.05) is 29.8 Å². The van der Waals surface area contributed by atoms with E-state index in [4.69, 9.17) is 15.2 Å². The van der Waals surface area contributed by atoms with Crippen LogP contribution in [-0.4, -0.2) is 59.1 Å². The molecule has 0 saturated heterocycles. The smallest absolute Gasteiger partial charge is 0.407 e. The first-order valence-corrected chi connectivity index (χ1v) is 14.6. The Bertz CT molecular complexity index is 1530. The second-order valence-corrected chi connectivity index (χ2v) is 11.2. The second-order valence-electron chi connectivity index (χ2n) is 11.2. The molecule has 0 radical (unpaired) electrons. The summed E-state index contributed by atoms with van der Waals surface area (Å²) >= 11 is 0. The van der Waals surface area contributed by atoms with E-state index >= 15 is 0 Å². The zero-order chi connectivity index (χ0) is 31.9. The van der Waals surface area contributed by atoms with Gasteiger partial charge in [0.1, 0.15) is 22.9 Å². The Labute approximate surface area is 256 Å². The molecule has 1 aliphatic heterocycles. The molecule has 1 aliphatic rings. The maximum absolute atomic E-state index is 13.2. The van der Waals surface area contributed by atoms with Gasteiger partial charge in [0.15, 0.2) is 5.82 Å². The number of aromatic nitrogens is 2. The molecule has 1 aromatic heterocycles. The molecule has 232 valence electrons. The third-order valence-corrected chi connectivity index (χ3v) is 6.61. The van der Waals surface area contributed by atoms with Crippen molar-refractivity contribution in [3.8, 4) is 17.1 Å². The van der Waals surface area contributed by atoms with Crippen LogP contribution in [0.3, 0.4) is 0 Å². The number of nitrogens with two attached hydrogens (primary N) is 1. The van der Waals surface area contributed by atoms with Gasteiger partial charge in [0.05, 0.1) is 18.7 Å². The standard InChI is InChI=1S/C32H38N6O6/c1-5-43-23-14-12-20(13-15-23)28-36-26(27(33)40)24-19-25(39)38(29(24)37-28)22-11-9-10-21(18-22)30(41)34-16-7-6-8-17-35-31(42)44-32(2,3)4/h9-15,18H,5-8,16-17,19H2,1-4H3,(H2,33,40)(H,34,41)(H,35,42). The van der Waals surface area contributed by atoms with E-state index in [2.05, 4.69) is 20.6 Å². The van der Waals surface area contributed by atoms with Crippen LogP contribution in [0.4, 0.5) is 16.3 Å². The number of rotatable bonds is 12. The van der Waals surface area contributed by atoms with Crippen LogP contribution < -0.4 is 26.0 Å². The predicted octanol–water partition coefficient (Wildman–Crippen LogP) is 4.29. The van der Waals surface area contributed by atoms with Crippen molar-refractivity contribution in [1.29, 1.82) is 0 Å². The van der Waals surface area contributed by atoms with Gasteiger partial charge in [-0.2, -0.15) is 0 Å². The number of carbonyl (C=O) groups is 4. The summed E-state index contributed by atoms with van der Waals surface area (Å²) in [6.07, 6.45) is 1.72. The van der Waals surface area contributed by atoms with Crippen LogP contribution in [0.5, 0.6) is 5.75 Å². The maximum atomic E-state index is 13.2. The molecule has 0 unspecified atom stereocenters. The van der Waals surface area contributed by atoms with Crippen molar-refractivity contribution >= 4 is 35.3 Å². The first kappa shape index (κ1) is 31.9. The summed E-state index contributed by atoms with van der Waals surface area (Å²) in [4.78, 5) is 60.6. The number of unbranched alkanes of at least 4 members (excludes halogenated alkanes) is 2. The molecule has 0 fully saturated rings. The van der Waals surface area contributed by atoms with Crippen LogP contribution in [0, 0.1) is 0 Å². The normalized spacial score (nSPS) is 12.5. The minimum Gasteiger partial charge on any atom is -0.494 e. The molecule has 4 rings (SSSR count). The highest BCUT2D eigenvalue weighted by atomic mass is 16.6.